The van der Waals surface area contributed by atoms with E-state index in [1.807, 2.05) is 0 Å². The number of piperazine rings is 1. The Hall–Kier alpha value is -2.51. The third-order valence-corrected chi connectivity index (χ3v) is 6.08. The number of halogens is 3. The van der Waals surface area contributed by atoms with E-state index in [4.69, 9.17) is 34.0 Å². The van der Waals surface area contributed by atoms with Gasteiger partial charge in [0.15, 0.2) is 11.7 Å². The monoisotopic (exact) mass is 433 g/mol. The SMILES string of the molecule is N=C(c1ccccn1)N1CC2CCCC(C1=N)N2C(=O)c1ccc(Cl)c(F)c1Cl. The lowest BCUT2D eigenvalue weighted by Crippen LogP contribution is -2.66. The number of carbonyl (C=O) groups is 1. The summed E-state index contributed by atoms with van der Waals surface area (Å²) in [6.45, 7) is 0.310. The average Bonchev–Trinajstić information content (AvgIpc) is 2.74. The highest BCUT2D eigenvalue weighted by Gasteiger charge is 2.45. The van der Waals surface area contributed by atoms with Gasteiger partial charge in [0.25, 0.3) is 5.91 Å². The molecule has 1 amide bonds. The van der Waals surface area contributed by atoms with Gasteiger partial charge in [0.05, 0.1) is 27.7 Å². The van der Waals surface area contributed by atoms with Gasteiger partial charge in [-0.15, -0.1) is 0 Å². The van der Waals surface area contributed by atoms with Crippen LogP contribution in [-0.4, -0.2) is 51.0 Å². The number of amides is 1. The Balaban J connectivity index is 1.65. The zero-order chi connectivity index (χ0) is 20.7. The van der Waals surface area contributed by atoms with Crippen LogP contribution in [-0.2, 0) is 0 Å². The summed E-state index contributed by atoms with van der Waals surface area (Å²) in [6.07, 6.45) is 3.80. The maximum absolute atomic E-state index is 14.1. The molecule has 0 aliphatic carbocycles. The fourth-order valence-electron chi connectivity index (χ4n) is 4.01. The third-order valence-electron chi connectivity index (χ3n) is 5.42. The quantitative estimate of drug-likeness (QED) is 0.422. The van der Waals surface area contributed by atoms with Gasteiger partial charge >= 0.3 is 0 Å². The number of hydrogen-bond acceptors (Lipinski definition) is 4. The summed E-state index contributed by atoms with van der Waals surface area (Å²) in [7, 11) is 0. The molecule has 0 radical (unpaired) electrons. The molecule has 29 heavy (non-hydrogen) atoms. The van der Waals surface area contributed by atoms with Crippen LogP contribution in [0.2, 0.25) is 10.0 Å². The Morgan fingerprint density at radius 3 is 2.72 bits per heavy atom. The van der Waals surface area contributed by atoms with Gasteiger partial charge in [-0.2, -0.15) is 0 Å². The molecule has 2 N–H and O–H groups in total. The van der Waals surface area contributed by atoms with Gasteiger partial charge < -0.3 is 9.80 Å². The van der Waals surface area contributed by atoms with Crippen molar-refractivity contribution in [1.82, 2.24) is 14.8 Å². The fraction of sp³-hybridized carbons (Fsp3) is 0.300. The molecule has 1 aromatic carbocycles. The lowest BCUT2D eigenvalue weighted by molar-refractivity contribution is 0.0447. The van der Waals surface area contributed by atoms with Crippen LogP contribution in [0.5, 0.6) is 0 Å². The van der Waals surface area contributed by atoms with E-state index in [9.17, 15) is 9.18 Å². The van der Waals surface area contributed by atoms with Crippen molar-refractivity contribution in [2.24, 2.45) is 0 Å². The van der Waals surface area contributed by atoms with Gasteiger partial charge in [0.2, 0.25) is 0 Å². The summed E-state index contributed by atoms with van der Waals surface area (Å²) in [5.74, 6) is -0.949. The first-order valence-corrected chi connectivity index (χ1v) is 9.98. The molecule has 2 saturated heterocycles. The lowest BCUT2D eigenvalue weighted by Gasteiger charge is -2.50. The fourth-order valence-corrected chi connectivity index (χ4v) is 4.46. The van der Waals surface area contributed by atoms with Crippen molar-refractivity contribution in [1.29, 1.82) is 10.8 Å². The Morgan fingerprint density at radius 2 is 2.00 bits per heavy atom. The second-order valence-electron chi connectivity index (χ2n) is 7.10. The topological polar surface area (TPSA) is 84.1 Å². The number of amidine groups is 2. The molecular formula is C20H18Cl2FN5O. The van der Waals surface area contributed by atoms with E-state index < -0.39 is 17.8 Å². The summed E-state index contributed by atoms with van der Waals surface area (Å²) in [5, 5.41) is 16.7. The van der Waals surface area contributed by atoms with E-state index in [1.54, 1.807) is 34.2 Å². The number of pyridine rings is 1. The van der Waals surface area contributed by atoms with E-state index in [0.29, 0.717) is 18.7 Å². The van der Waals surface area contributed by atoms with Crippen molar-refractivity contribution in [2.45, 2.75) is 31.3 Å². The molecule has 6 nitrogen and oxygen atoms in total. The van der Waals surface area contributed by atoms with Crippen LogP contribution < -0.4 is 0 Å². The number of carbonyl (C=O) groups excluding carboxylic acids is 1. The maximum atomic E-state index is 14.1. The molecule has 2 atom stereocenters. The van der Waals surface area contributed by atoms with Crippen LogP contribution >= 0.6 is 23.2 Å². The smallest absolute Gasteiger partial charge is 0.256 e. The van der Waals surface area contributed by atoms with Crippen molar-refractivity contribution in [3.8, 4) is 0 Å². The molecule has 2 aliphatic rings. The van der Waals surface area contributed by atoms with Crippen molar-refractivity contribution < 1.29 is 9.18 Å². The van der Waals surface area contributed by atoms with Crippen molar-refractivity contribution in [3.05, 3.63) is 63.6 Å². The molecular weight excluding hydrogens is 416 g/mol. The number of piperidine rings is 1. The number of benzene rings is 1. The van der Waals surface area contributed by atoms with Crippen LogP contribution in [0.25, 0.3) is 0 Å². The van der Waals surface area contributed by atoms with E-state index in [-0.39, 0.29) is 33.3 Å². The number of hydrogen-bond donors (Lipinski definition) is 2. The summed E-state index contributed by atoms with van der Waals surface area (Å²) >= 11 is 11.8. The van der Waals surface area contributed by atoms with Gasteiger partial charge in [-0.05, 0) is 43.5 Å². The number of fused-ring (bicyclic) bond motifs is 2. The molecule has 4 rings (SSSR count). The van der Waals surface area contributed by atoms with Gasteiger partial charge in [-0.1, -0.05) is 29.3 Å². The molecule has 3 heterocycles. The highest BCUT2D eigenvalue weighted by molar-refractivity contribution is 6.37. The van der Waals surface area contributed by atoms with Gasteiger partial charge in [-0.3, -0.25) is 20.6 Å². The minimum Gasteiger partial charge on any atom is -0.324 e. The van der Waals surface area contributed by atoms with E-state index >= 15 is 0 Å². The van der Waals surface area contributed by atoms with Crippen LogP contribution in [0, 0.1) is 16.6 Å². The predicted octanol–water partition coefficient (Wildman–Crippen LogP) is 4.21. The van der Waals surface area contributed by atoms with Crippen LogP contribution in [0.1, 0.15) is 35.3 Å². The number of nitrogens with zero attached hydrogens (tertiary/aromatic N) is 3. The molecule has 1 aromatic heterocycles. The standard InChI is InChI=1S/C20H18Cl2FN5O/c21-13-8-7-12(16(22)17(13)23)20(29)28-11-4-3-6-15(28)19(25)27(10-11)18(24)14-5-1-2-9-26-14/h1-2,5,7-9,11,15,24-25H,3-4,6,10H2. The minimum absolute atomic E-state index is 0.0338. The predicted molar refractivity (Wildman–Crippen MR) is 110 cm³/mol. The lowest BCUT2D eigenvalue weighted by atomic mass is 9.89. The Labute approximate surface area is 177 Å². The number of nitrogens with one attached hydrogen (secondary N) is 2. The first-order chi connectivity index (χ1) is 13.9. The second-order valence-corrected chi connectivity index (χ2v) is 7.88. The first kappa shape index (κ1) is 19.8. The van der Waals surface area contributed by atoms with Gasteiger partial charge in [0.1, 0.15) is 11.5 Å². The number of aromatic nitrogens is 1. The normalized spacial score (nSPS) is 21.3. The van der Waals surface area contributed by atoms with Crippen LogP contribution in [0.3, 0.4) is 0 Å². The Morgan fingerprint density at radius 1 is 1.21 bits per heavy atom. The molecule has 0 spiro atoms. The van der Waals surface area contributed by atoms with Gasteiger partial charge in [-0.25, -0.2) is 4.39 Å². The van der Waals surface area contributed by atoms with Crippen molar-refractivity contribution >= 4 is 40.8 Å². The van der Waals surface area contributed by atoms with E-state index in [2.05, 4.69) is 4.98 Å². The minimum atomic E-state index is -0.824. The second kappa shape index (κ2) is 7.72. The largest absolute Gasteiger partial charge is 0.324 e. The zero-order valence-electron chi connectivity index (χ0n) is 15.3. The Kier molecular flexibility index (Phi) is 5.27. The first-order valence-electron chi connectivity index (χ1n) is 9.22. The van der Waals surface area contributed by atoms with Crippen molar-refractivity contribution in [3.63, 3.8) is 0 Å². The van der Waals surface area contributed by atoms with Gasteiger partial charge in [0, 0.05) is 12.7 Å². The molecule has 2 fully saturated rings. The molecule has 2 bridgehead atoms. The number of rotatable bonds is 2. The summed E-state index contributed by atoms with van der Waals surface area (Å²) < 4.78 is 14.1. The third kappa shape index (κ3) is 3.38. The van der Waals surface area contributed by atoms with Crippen LogP contribution in [0.15, 0.2) is 36.5 Å². The maximum Gasteiger partial charge on any atom is 0.256 e. The summed E-state index contributed by atoms with van der Waals surface area (Å²) in [6, 6.07) is 7.28. The summed E-state index contributed by atoms with van der Waals surface area (Å²) in [5.41, 5.74) is 0.504. The average molecular weight is 434 g/mol. The van der Waals surface area contributed by atoms with E-state index in [1.165, 1.54) is 12.1 Å². The summed E-state index contributed by atoms with van der Waals surface area (Å²) in [4.78, 5) is 20.7. The zero-order valence-corrected chi connectivity index (χ0v) is 16.8. The molecule has 2 aromatic rings. The number of likely N-dealkylation sites (tertiary alicyclic amines) is 1. The highest BCUT2D eigenvalue weighted by Crippen LogP contribution is 2.34. The molecule has 150 valence electrons. The van der Waals surface area contributed by atoms with E-state index in [0.717, 1.165) is 12.8 Å². The molecule has 9 heteroatoms. The Bertz CT molecular complexity index is 1000. The molecule has 2 unspecified atom stereocenters. The van der Waals surface area contributed by atoms with Crippen molar-refractivity contribution in [2.75, 3.05) is 6.54 Å². The van der Waals surface area contributed by atoms with Crippen LogP contribution in [0.4, 0.5) is 4.39 Å². The molecule has 2 aliphatic heterocycles. The highest BCUT2D eigenvalue weighted by atomic mass is 35.5. The molecule has 0 saturated carbocycles.